The summed E-state index contributed by atoms with van der Waals surface area (Å²) >= 11 is 0. The molecule has 0 aliphatic rings. The normalized spacial score (nSPS) is 12.1. The van der Waals surface area contributed by atoms with Gasteiger partial charge in [-0.25, -0.2) is 8.42 Å². The molecular formula is C23H24N2O7S. The first-order chi connectivity index (χ1) is 15.7. The van der Waals surface area contributed by atoms with Gasteiger partial charge >= 0.3 is 0 Å². The van der Waals surface area contributed by atoms with Crippen molar-refractivity contribution in [3.63, 3.8) is 0 Å². The van der Waals surface area contributed by atoms with Crippen LogP contribution in [-0.4, -0.2) is 34.7 Å². The molecule has 0 spiro atoms. The zero-order valence-corrected chi connectivity index (χ0v) is 19.4. The van der Waals surface area contributed by atoms with Crippen molar-refractivity contribution in [3.05, 3.63) is 87.5 Å². The molecule has 3 aromatic carbocycles. The molecule has 0 fully saturated rings. The van der Waals surface area contributed by atoms with Crippen LogP contribution in [0, 0.1) is 17.0 Å². The predicted molar refractivity (Wildman–Crippen MR) is 123 cm³/mol. The second-order valence-corrected chi connectivity index (χ2v) is 8.88. The molecule has 174 valence electrons. The molecule has 3 rings (SSSR count). The molecule has 0 aromatic heterocycles. The van der Waals surface area contributed by atoms with Gasteiger partial charge in [0.1, 0.15) is 17.2 Å². The smallest absolute Gasteiger partial charge is 0.269 e. The number of rotatable bonds is 9. The highest BCUT2D eigenvalue weighted by atomic mass is 32.2. The van der Waals surface area contributed by atoms with Crippen molar-refractivity contribution in [2.75, 3.05) is 21.3 Å². The average molecular weight is 473 g/mol. The fourth-order valence-corrected chi connectivity index (χ4v) is 4.53. The van der Waals surface area contributed by atoms with Gasteiger partial charge < -0.3 is 14.2 Å². The Morgan fingerprint density at radius 2 is 1.42 bits per heavy atom. The van der Waals surface area contributed by atoms with Gasteiger partial charge in [-0.1, -0.05) is 29.8 Å². The zero-order chi connectivity index (χ0) is 24.2. The molecule has 0 saturated carbocycles. The van der Waals surface area contributed by atoms with Gasteiger partial charge in [0.05, 0.1) is 42.8 Å². The number of hydrogen-bond donors (Lipinski definition) is 1. The summed E-state index contributed by atoms with van der Waals surface area (Å²) in [4.78, 5) is 10.7. The van der Waals surface area contributed by atoms with Crippen molar-refractivity contribution in [1.29, 1.82) is 0 Å². The fraction of sp³-hybridized carbons (Fsp3) is 0.217. The van der Waals surface area contributed by atoms with Crippen LogP contribution < -0.4 is 18.9 Å². The molecule has 3 aromatic rings. The Morgan fingerprint density at radius 1 is 0.879 bits per heavy atom. The van der Waals surface area contributed by atoms with Gasteiger partial charge in [0.15, 0.2) is 0 Å². The van der Waals surface area contributed by atoms with E-state index in [4.69, 9.17) is 14.2 Å². The van der Waals surface area contributed by atoms with E-state index in [0.29, 0.717) is 28.4 Å². The fourth-order valence-electron chi connectivity index (χ4n) is 3.34. The lowest BCUT2D eigenvalue weighted by Crippen LogP contribution is -2.30. The zero-order valence-electron chi connectivity index (χ0n) is 18.6. The minimum Gasteiger partial charge on any atom is -0.496 e. The maximum atomic E-state index is 13.3. The third-order valence-electron chi connectivity index (χ3n) is 5.08. The first kappa shape index (κ1) is 24.0. The van der Waals surface area contributed by atoms with Gasteiger partial charge in [0, 0.05) is 24.3 Å². The Balaban J connectivity index is 2.20. The number of hydrogen-bond acceptors (Lipinski definition) is 7. The molecule has 10 heteroatoms. The highest BCUT2D eigenvalue weighted by molar-refractivity contribution is 7.89. The third kappa shape index (κ3) is 5.24. The Labute approximate surface area is 192 Å². The number of methoxy groups -OCH3 is 3. The molecule has 0 amide bonds. The van der Waals surface area contributed by atoms with Gasteiger partial charge in [-0.3, -0.25) is 10.1 Å². The number of aryl methyl sites for hydroxylation is 1. The van der Waals surface area contributed by atoms with Crippen LogP contribution >= 0.6 is 0 Å². The molecule has 33 heavy (non-hydrogen) atoms. The summed E-state index contributed by atoms with van der Waals surface area (Å²) in [5.41, 5.74) is 1.65. The van der Waals surface area contributed by atoms with Crippen LogP contribution in [0.3, 0.4) is 0 Å². The van der Waals surface area contributed by atoms with E-state index in [1.54, 1.807) is 24.3 Å². The quantitative estimate of drug-likeness (QED) is 0.369. The predicted octanol–water partition coefficient (Wildman–Crippen LogP) is 4.00. The van der Waals surface area contributed by atoms with E-state index >= 15 is 0 Å². The number of nitro groups is 1. The minimum absolute atomic E-state index is 0.0754. The van der Waals surface area contributed by atoms with E-state index in [9.17, 15) is 18.5 Å². The molecule has 0 aliphatic carbocycles. The van der Waals surface area contributed by atoms with Crippen molar-refractivity contribution in [2.24, 2.45) is 0 Å². The Hall–Kier alpha value is -3.63. The Kier molecular flexibility index (Phi) is 7.19. The Bertz CT molecular complexity index is 1220. The van der Waals surface area contributed by atoms with Crippen LogP contribution in [0.25, 0.3) is 0 Å². The SMILES string of the molecule is COc1cc(OC)c(C(NS(=O)(=O)c2ccc(C)cc2)c2ccc([N+](=O)[O-])cc2)c(OC)c1. The van der Waals surface area contributed by atoms with E-state index < -0.39 is 21.0 Å². The molecule has 1 atom stereocenters. The van der Waals surface area contributed by atoms with Gasteiger partial charge in [-0.05, 0) is 24.6 Å². The van der Waals surface area contributed by atoms with E-state index in [1.807, 2.05) is 6.92 Å². The van der Waals surface area contributed by atoms with Crippen molar-refractivity contribution in [2.45, 2.75) is 17.9 Å². The van der Waals surface area contributed by atoms with E-state index in [1.165, 1.54) is 57.7 Å². The highest BCUT2D eigenvalue weighted by Gasteiger charge is 2.29. The number of nitrogens with one attached hydrogen (secondary N) is 1. The summed E-state index contributed by atoms with van der Waals surface area (Å²) in [5, 5.41) is 11.1. The van der Waals surface area contributed by atoms with Gasteiger partial charge in [-0.15, -0.1) is 0 Å². The molecule has 0 saturated heterocycles. The number of ether oxygens (including phenoxy) is 3. The third-order valence-corrected chi connectivity index (χ3v) is 6.52. The summed E-state index contributed by atoms with van der Waals surface area (Å²) in [6.07, 6.45) is 0. The van der Waals surface area contributed by atoms with Crippen molar-refractivity contribution in [1.82, 2.24) is 4.72 Å². The molecular weight excluding hydrogens is 448 g/mol. The molecule has 9 nitrogen and oxygen atoms in total. The lowest BCUT2D eigenvalue weighted by atomic mass is 9.97. The largest absolute Gasteiger partial charge is 0.496 e. The van der Waals surface area contributed by atoms with E-state index in [2.05, 4.69) is 4.72 Å². The van der Waals surface area contributed by atoms with Crippen LogP contribution in [0.2, 0.25) is 0 Å². The molecule has 0 bridgehead atoms. The summed E-state index contributed by atoms with van der Waals surface area (Å²) in [5.74, 6) is 1.10. The number of benzene rings is 3. The second kappa shape index (κ2) is 9.88. The summed E-state index contributed by atoms with van der Waals surface area (Å²) < 4.78 is 45.6. The topological polar surface area (TPSA) is 117 Å². The second-order valence-electron chi connectivity index (χ2n) is 7.16. The van der Waals surface area contributed by atoms with Crippen LogP contribution in [0.5, 0.6) is 17.2 Å². The van der Waals surface area contributed by atoms with Gasteiger partial charge in [-0.2, -0.15) is 4.72 Å². The van der Waals surface area contributed by atoms with Crippen molar-refractivity contribution >= 4 is 15.7 Å². The van der Waals surface area contributed by atoms with E-state index in [-0.39, 0.29) is 10.6 Å². The maximum absolute atomic E-state index is 13.3. The number of nitro benzene ring substituents is 1. The van der Waals surface area contributed by atoms with E-state index in [0.717, 1.165) is 5.56 Å². The number of sulfonamides is 1. The summed E-state index contributed by atoms with van der Waals surface area (Å²) in [6.45, 7) is 1.86. The standard InChI is InChI=1S/C23H24N2O7S/c1-15-5-11-19(12-6-15)33(28,29)24-23(16-7-9-17(10-8-16)25(26)27)22-20(31-3)13-18(30-2)14-21(22)32-4/h5-14,23-24H,1-4H3. The Morgan fingerprint density at radius 3 is 1.88 bits per heavy atom. The summed E-state index contributed by atoms with van der Waals surface area (Å²) in [6, 6.07) is 14.2. The lowest BCUT2D eigenvalue weighted by molar-refractivity contribution is -0.384. The first-order valence-electron chi connectivity index (χ1n) is 9.83. The van der Waals surface area contributed by atoms with Gasteiger partial charge in [0.2, 0.25) is 10.0 Å². The summed E-state index contributed by atoms with van der Waals surface area (Å²) in [7, 11) is 0.384. The molecule has 0 aliphatic heterocycles. The van der Waals surface area contributed by atoms with Gasteiger partial charge in [0.25, 0.3) is 5.69 Å². The lowest BCUT2D eigenvalue weighted by Gasteiger charge is -2.24. The van der Waals surface area contributed by atoms with Crippen LogP contribution in [0.15, 0.2) is 65.6 Å². The number of non-ortho nitro benzene ring substituents is 1. The van der Waals surface area contributed by atoms with Crippen LogP contribution in [0.4, 0.5) is 5.69 Å². The molecule has 0 heterocycles. The number of nitrogens with zero attached hydrogens (tertiary/aromatic N) is 1. The molecule has 1 N–H and O–H groups in total. The monoisotopic (exact) mass is 472 g/mol. The molecule has 0 radical (unpaired) electrons. The minimum atomic E-state index is -3.99. The first-order valence-corrected chi connectivity index (χ1v) is 11.3. The highest BCUT2D eigenvalue weighted by Crippen LogP contribution is 2.41. The molecule has 1 unspecified atom stereocenters. The van der Waals surface area contributed by atoms with Crippen LogP contribution in [0.1, 0.15) is 22.7 Å². The average Bonchev–Trinajstić information content (AvgIpc) is 2.82. The van der Waals surface area contributed by atoms with Crippen molar-refractivity contribution in [3.8, 4) is 17.2 Å². The van der Waals surface area contributed by atoms with Crippen LogP contribution in [-0.2, 0) is 10.0 Å². The maximum Gasteiger partial charge on any atom is 0.269 e. The van der Waals surface area contributed by atoms with Crippen molar-refractivity contribution < 1.29 is 27.6 Å².